The third kappa shape index (κ3) is 5.38. The highest BCUT2D eigenvalue weighted by Gasteiger charge is 2.08. The molecule has 0 saturated carbocycles. The number of carbonyl (C=O) groups is 1. The second-order valence-corrected chi connectivity index (χ2v) is 7.10. The van der Waals surface area contributed by atoms with E-state index in [-0.39, 0.29) is 10.9 Å². The molecule has 0 unspecified atom stereocenters. The average molecular weight is 416 g/mol. The van der Waals surface area contributed by atoms with E-state index in [2.05, 4.69) is 10.5 Å². The summed E-state index contributed by atoms with van der Waals surface area (Å²) >= 11 is 6.80. The van der Waals surface area contributed by atoms with E-state index in [9.17, 15) is 14.9 Å². The number of nitrogens with one attached hydrogen (secondary N) is 1. The number of benzene rings is 2. The van der Waals surface area contributed by atoms with E-state index >= 15 is 0 Å². The second kappa shape index (κ2) is 9.12. The van der Waals surface area contributed by atoms with E-state index in [0.29, 0.717) is 27.8 Å². The van der Waals surface area contributed by atoms with Crippen molar-refractivity contribution in [2.45, 2.75) is 6.61 Å². The van der Waals surface area contributed by atoms with Gasteiger partial charge in [-0.1, -0.05) is 35.1 Å². The first-order chi connectivity index (χ1) is 13.5. The van der Waals surface area contributed by atoms with Crippen LogP contribution < -0.4 is 10.2 Å². The maximum atomic E-state index is 12.1. The monoisotopic (exact) mass is 415 g/mol. The number of ether oxygens (including phenoxy) is 1. The van der Waals surface area contributed by atoms with Crippen LogP contribution in [0.15, 0.2) is 65.8 Å². The highest BCUT2D eigenvalue weighted by molar-refractivity contribution is 7.16. The molecule has 0 bridgehead atoms. The molecular formula is C19H14ClN3O4S. The minimum absolute atomic E-state index is 0.0178. The quantitative estimate of drug-likeness (QED) is 0.345. The number of halogens is 1. The molecule has 0 radical (unpaired) electrons. The highest BCUT2D eigenvalue weighted by Crippen LogP contribution is 2.22. The maximum Gasteiger partial charge on any atom is 0.324 e. The molecule has 28 heavy (non-hydrogen) atoms. The summed E-state index contributed by atoms with van der Waals surface area (Å²) < 4.78 is 5.65. The van der Waals surface area contributed by atoms with Gasteiger partial charge in [0.2, 0.25) is 0 Å². The first-order valence-corrected chi connectivity index (χ1v) is 9.25. The van der Waals surface area contributed by atoms with E-state index in [1.165, 1.54) is 12.3 Å². The Morgan fingerprint density at radius 1 is 1.14 bits per heavy atom. The van der Waals surface area contributed by atoms with Gasteiger partial charge in [-0.05, 0) is 48.0 Å². The predicted molar refractivity (Wildman–Crippen MR) is 108 cm³/mol. The van der Waals surface area contributed by atoms with Crippen LogP contribution in [0.1, 0.15) is 20.8 Å². The van der Waals surface area contributed by atoms with Crippen LogP contribution in [0.4, 0.5) is 5.00 Å². The Bertz CT molecular complexity index is 1000. The van der Waals surface area contributed by atoms with Gasteiger partial charge in [-0.15, -0.1) is 0 Å². The lowest BCUT2D eigenvalue weighted by molar-refractivity contribution is -0.380. The molecule has 0 fully saturated rings. The fourth-order valence-electron chi connectivity index (χ4n) is 2.18. The molecule has 1 heterocycles. The Morgan fingerprint density at radius 3 is 2.50 bits per heavy atom. The molecule has 7 nitrogen and oxygen atoms in total. The van der Waals surface area contributed by atoms with Crippen molar-refractivity contribution in [1.29, 1.82) is 0 Å². The van der Waals surface area contributed by atoms with E-state index in [1.54, 1.807) is 54.6 Å². The molecule has 0 aliphatic carbocycles. The van der Waals surface area contributed by atoms with E-state index < -0.39 is 4.92 Å². The summed E-state index contributed by atoms with van der Waals surface area (Å²) in [5.41, 5.74) is 3.73. The van der Waals surface area contributed by atoms with Gasteiger partial charge < -0.3 is 4.74 Å². The average Bonchev–Trinajstić information content (AvgIpc) is 3.17. The standard InChI is InChI=1S/C19H14ClN3O4S/c20-15-5-7-16(8-6-15)27-12-13-1-3-14(4-2-13)19(24)22-21-11-17-9-10-18(28-17)23(25)26/h1-11H,12H2,(H,22,24). The molecule has 2 aromatic carbocycles. The molecule has 0 aliphatic rings. The summed E-state index contributed by atoms with van der Waals surface area (Å²) in [6, 6.07) is 16.9. The molecule has 1 N–H and O–H groups in total. The molecule has 0 atom stereocenters. The van der Waals surface area contributed by atoms with Crippen molar-refractivity contribution in [1.82, 2.24) is 5.43 Å². The van der Waals surface area contributed by atoms with E-state index in [0.717, 1.165) is 16.9 Å². The first kappa shape index (κ1) is 19.5. The smallest absolute Gasteiger partial charge is 0.324 e. The van der Waals surface area contributed by atoms with Crippen LogP contribution in [0.5, 0.6) is 5.75 Å². The number of hydrogen-bond acceptors (Lipinski definition) is 6. The molecular weight excluding hydrogens is 402 g/mol. The zero-order valence-electron chi connectivity index (χ0n) is 14.4. The fourth-order valence-corrected chi connectivity index (χ4v) is 3.00. The number of thiophene rings is 1. The van der Waals surface area contributed by atoms with Crippen molar-refractivity contribution < 1.29 is 14.5 Å². The summed E-state index contributed by atoms with van der Waals surface area (Å²) in [4.78, 5) is 22.8. The Labute approximate surface area is 169 Å². The van der Waals surface area contributed by atoms with Crippen molar-refractivity contribution in [3.05, 3.63) is 91.8 Å². The number of nitrogens with zero attached hydrogens (tertiary/aromatic N) is 2. The fraction of sp³-hybridized carbons (Fsp3) is 0.0526. The van der Waals surface area contributed by atoms with Crippen LogP contribution in [0.2, 0.25) is 5.02 Å². The van der Waals surface area contributed by atoms with Gasteiger partial charge in [0, 0.05) is 16.7 Å². The Kier molecular flexibility index (Phi) is 6.36. The van der Waals surface area contributed by atoms with Crippen LogP contribution in [0.25, 0.3) is 0 Å². The van der Waals surface area contributed by atoms with Crippen molar-refractivity contribution in [3.8, 4) is 5.75 Å². The van der Waals surface area contributed by atoms with Crippen LogP contribution in [0.3, 0.4) is 0 Å². The largest absolute Gasteiger partial charge is 0.489 e. The topological polar surface area (TPSA) is 93.8 Å². The van der Waals surface area contributed by atoms with Crippen molar-refractivity contribution in [3.63, 3.8) is 0 Å². The normalized spacial score (nSPS) is 10.8. The summed E-state index contributed by atoms with van der Waals surface area (Å²) in [6.07, 6.45) is 1.36. The van der Waals surface area contributed by atoms with Crippen LogP contribution in [0, 0.1) is 10.1 Å². The lowest BCUT2D eigenvalue weighted by Crippen LogP contribution is -2.17. The van der Waals surface area contributed by atoms with Crippen molar-refractivity contribution >= 4 is 40.1 Å². The van der Waals surface area contributed by atoms with Gasteiger partial charge in [-0.2, -0.15) is 5.10 Å². The number of nitro groups is 1. The predicted octanol–water partition coefficient (Wildman–Crippen LogP) is 4.65. The van der Waals surface area contributed by atoms with E-state index in [4.69, 9.17) is 16.3 Å². The lowest BCUT2D eigenvalue weighted by Gasteiger charge is -2.07. The van der Waals surface area contributed by atoms with Gasteiger partial charge in [-0.25, -0.2) is 5.43 Å². The summed E-state index contributed by atoms with van der Waals surface area (Å²) in [7, 11) is 0. The molecule has 3 rings (SSSR count). The van der Waals surface area contributed by atoms with Crippen molar-refractivity contribution in [2.24, 2.45) is 5.10 Å². The summed E-state index contributed by atoms with van der Waals surface area (Å²) in [5, 5.41) is 15.1. The van der Waals surface area contributed by atoms with Gasteiger partial charge in [0.05, 0.1) is 16.0 Å². The number of rotatable bonds is 7. The SMILES string of the molecule is O=C(NN=Cc1ccc([N+](=O)[O-])s1)c1ccc(COc2ccc(Cl)cc2)cc1. The van der Waals surface area contributed by atoms with Gasteiger partial charge in [0.15, 0.2) is 0 Å². The Hall–Kier alpha value is -3.23. The minimum Gasteiger partial charge on any atom is -0.489 e. The number of hydrazone groups is 1. The van der Waals surface area contributed by atoms with E-state index in [1.807, 2.05) is 0 Å². The van der Waals surface area contributed by atoms with Crippen molar-refractivity contribution in [2.75, 3.05) is 0 Å². The molecule has 9 heteroatoms. The molecule has 142 valence electrons. The molecule has 0 spiro atoms. The lowest BCUT2D eigenvalue weighted by atomic mass is 10.1. The van der Waals surface area contributed by atoms with Crippen LogP contribution >= 0.6 is 22.9 Å². The molecule has 0 aliphatic heterocycles. The van der Waals surface area contributed by atoms with Crippen LogP contribution in [-0.4, -0.2) is 17.0 Å². The third-order valence-electron chi connectivity index (χ3n) is 3.59. The van der Waals surface area contributed by atoms with Gasteiger partial charge >= 0.3 is 5.00 Å². The first-order valence-electron chi connectivity index (χ1n) is 8.06. The minimum atomic E-state index is -0.473. The van der Waals surface area contributed by atoms with Gasteiger partial charge in [0.1, 0.15) is 12.4 Å². The van der Waals surface area contributed by atoms with Gasteiger partial charge in [-0.3, -0.25) is 14.9 Å². The highest BCUT2D eigenvalue weighted by atomic mass is 35.5. The molecule has 1 aromatic heterocycles. The van der Waals surface area contributed by atoms with Crippen LogP contribution in [-0.2, 0) is 6.61 Å². The molecule has 1 amide bonds. The summed E-state index contributed by atoms with van der Waals surface area (Å²) in [5.74, 6) is 0.321. The zero-order chi connectivity index (χ0) is 19.9. The number of carbonyl (C=O) groups excluding carboxylic acids is 1. The third-order valence-corrected chi connectivity index (χ3v) is 4.81. The number of amides is 1. The molecule has 0 saturated heterocycles. The number of hydrogen-bond donors (Lipinski definition) is 1. The molecule has 3 aromatic rings. The Morgan fingerprint density at radius 2 is 1.86 bits per heavy atom. The summed E-state index contributed by atoms with van der Waals surface area (Å²) in [6.45, 7) is 0.360. The zero-order valence-corrected chi connectivity index (χ0v) is 15.9. The van der Waals surface area contributed by atoms with Gasteiger partial charge in [0.25, 0.3) is 5.91 Å². The Balaban J connectivity index is 1.52. The maximum absolute atomic E-state index is 12.1. The second-order valence-electron chi connectivity index (χ2n) is 5.57.